The van der Waals surface area contributed by atoms with Crippen LogP contribution in [0.25, 0.3) is 6.08 Å². The molecule has 0 radical (unpaired) electrons. The van der Waals surface area contributed by atoms with E-state index in [0.29, 0.717) is 5.92 Å². The molecular weight excluding hydrogens is 354 g/mol. The lowest BCUT2D eigenvalue weighted by molar-refractivity contribution is -0.124. The zero-order valence-electron chi connectivity index (χ0n) is 15.4. The van der Waals surface area contributed by atoms with Crippen molar-refractivity contribution in [2.24, 2.45) is 10.9 Å². The quantitative estimate of drug-likeness (QED) is 0.685. The zero-order chi connectivity index (χ0) is 18.6. The Morgan fingerprint density at radius 1 is 1.11 bits per heavy atom. The van der Waals surface area contributed by atoms with Gasteiger partial charge in [0.2, 0.25) is 0 Å². The van der Waals surface area contributed by atoms with Crippen molar-refractivity contribution in [1.29, 1.82) is 0 Å². The van der Waals surface area contributed by atoms with Gasteiger partial charge in [-0.15, -0.1) is 0 Å². The smallest absolute Gasteiger partial charge is 0.267 e. The van der Waals surface area contributed by atoms with E-state index in [1.807, 2.05) is 53.4 Å². The molecule has 1 aromatic heterocycles. The topological polar surface area (TPSA) is 45.6 Å². The number of rotatable bonds is 3. The number of hydrogen-bond acceptors (Lipinski definition) is 4. The number of amidine groups is 1. The normalized spacial score (nSPS) is 26.1. The van der Waals surface area contributed by atoms with Crippen LogP contribution < -0.4 is 0 Å². The van der Waals surface area contributed by atoms with Gasteiger partial charge >= 0.3 is 0 Å². The van der Waals surface area contributed by atoms with Gasteiger partial charge in [-0.1, -0.05) is 38.0 Å². The van der Waals surface area contributed by atoms with Crippen molar-refractivity contribution in [2.75, 3.05) is 0 Å². The van der Waals surface area contributed by atoms with Crippen LogP contribution in [0.4, 0.5) is 5.69 Å². The third-order valence-corrected chi connectivity index (χ3v) is 6.20. The second-order valence-electron chi connectivity index (χ2n) is 7.13. The van der Waals surface area contributed by atoms with Crippen molar-refractivity contribution in [3.63, 3.8) is 0 Å². The van der Waals surface area contributed by atoms with Crippen molar-refractivity contribution in [3.8, 4) is 0 Å². The lowest BCUT2D eigenvalue weighted by Crippen LogP contribution is -2.44. The summed E-state index contributed by atoms with van der Waals surface area (Å²) < 4.78 is 0. The van der Waals surface area contributed by atoms with Crippen LogP contribution in [0.5, 0.6) is 0 Å². The molecule has 1 aliphatic heterocycles. The minimum absolute atomic E-state index is 0.0743. The number of carbonyl (C=O) groups excluding carboxylic acids is 1. The van der Waals surface area contributed by atoms with Gasteiger partial charge in [-0.25, -0.2) is 4.99 Å². The number of aliphatic imine (C=N–C) groups is 1. The number of hydrogen-bond donors (Lipinski definition) is 0. The Morgan fingerprint density at radius 2 is 1.85 bits per heavy atom. The lowest BCUT2D eigenvalue weighted by atomic mass is 9.85. The average molecular weight is 378 g/mol. The summed E-state index contributed by atoms with van der Waals surface area (Å²) in [6.45, 7) is 2.26. The van der Waals surface area contributed by atoms with Crippen LogP contribution in [-0.4, -0.2) is 27.0 Å². The van der Waals surface area contributed by atoms with E-state index in [1.165, 1.54) is 31.0 Å². The molecule has 1 saturated heterocycles. The fourth-order valence-corrected chi connectivity index (χ4v) is 4.81. The Balaban J connectivity index is 1.71. The van der Waals surface area contributed by atoms with Gasteiger partial charge in [0.1, 0.15) is 0 Å². The molecule has 4 nitrogen and oxygen atoms in total. The van der Waals surface area contributed by atoms with Gasteiger partial charge in [0, 0.05) is 18.4 Å². The molecule has 2 aromatic rings. The molecule has 1 aliphatic carbocycles. The average Bonchev–Trinajstić information content (AvgIpc) is 2.99. The van der Waals surface area contributed by atoms with Crippen LogP contribution in [0, 0.1) is 5.92 Å². The molecule has 1 saturated carbocycles. The summed E-state index contributed by atoms with van der Waals surface area (Å²) in [6.07, 6.45) is 10.1. The number of amides is 1. The highest BCUT2D eigenvalue weighted by molar-refractivity contribution is 8.18. The standard InChI is InChI=1S/C22H23N3OS/c1-16-7-5-6-10-19(16)25-21(26)20(15-17-11-13-23-14-12-17)27-22(25)24-18-8-3-2-4-9-18/h2-4,8-9,11-16,19H,5-7,10H2,1H3/b20-15-,24-22?/t16-,19-/m0/s1. The highest BCUT2D eigenvalue weighted by Gasteiger charge is 2.40. The minimum atomic E-state index is 0.0743. The van der Waals surface area contributed by atoms with Gasteiger partial charge in [-0.3, -0.25) is 14.7 Å². The Bertz CT molecular complexity index is 864. The van der Waals surface area contributed by atoms with Crippen molar-refractivity contribution < 1.29 is 4.79 Å². The van der Waals surface area contributed by atoms with Gasteiger partial charge in [-0.05, 0) is 66.4 Å². The first kappa shape index (κ1) is 18.0. The molecule has 1 aromatic carbocycles. The molecule has 2 heterocycles. The molecule has 2 atom stereocenters. The van der Waals surface area contributed by atoms with Crippen molar-refractivity contribution in [2.45, 2.75) is 38.6 Å². The largest absolute Gasteiger partial charge is 0.283 e. The van der Waals surface area contributed by atoms with Gasteiger partial charge in [0.15, 0.2) is 5.17 Å². The third-order valence-electron chi connectivity index (χ3n) is 5.22. The molecule has 5 heteroatoms. The van der Waals surface area contributed by atoms with E-state index in [0.717, 1.165) is 27.7 Å². The maximum atomic E-state index is 13.3. The predicted molar refractivity (Wildman–Crippen MR) is 112 cm³/mol. The van der Waals surface area contributed by atoms with Crippen LogP contribution in [0.3, 0.4) is 0 Å². The van der Waals surface area contributed by atoms with Crippen LogP contribution in [0.1, 0.15) is 38.2 Å². The Morgan fingerprint density at radius 3 is 2.59 bits per heavy atom. The molecule has 2 fully saturated rings. The fraction of sp³-hybridized carbons (Fsp3) is 0.318. The van der Waals surface area contributed by atoms with E-state index in [-0.39, 0.29) is 11.9 Å². The van der Waals surface area contributed by atoms with Gasteiger partial charge < -0.3 is 0 Å². The number of carbonyl (C=O) groups is 1. The zero-order valence-corrected chi connectivity index (χ0v) is 16.2. The number of nitrogens with zero attached hydrogens (tertiary/aromatic N) is 3. The fourth-order valence-electron chi connectivity index (χ4n) is 3.76. The summed E-state index contributed by atoms with van der Waals surface area (Å²) in [5.74, 6) is 0.565. The summed E-state index contributed by atoms with van der Waals surface area (Å²) in [7, 11) is 0. The number of thioether (sulfide) groups is 1. The number of aromatic nitrogens is 1. The highest BCUT2D eigenvalue weighted by Crippen LogP contribution is 2.40. The maximum absolute atomic E-state index is 13.3. The van der Waals surface area contributed by atoms with E-state index in [9.17, 15) is 4.79 Å². The van der Waals surface area contributed by atoms with Crippen LogP contribution >= 0.6 is 11.8 Å². The minimum Gasteiger partial charge on any atom is -0.283 e. The van der Waals surface area contributed by atoms with E-state index in [1.54, 1.807) is 12.4 Å². The van der Waals surface area contributed by atoms with Gasteiger partial charge in [-0.2, -0.15) is 0 Å². The summed E-state index contributed by atoms with van der Waals surface area (Å²) >= 11 is 1.48. The second-order valence-corrected chi connectivity index (χ2v) is 8.13. The lowest BCUT2D eigenvalue weighted by Gasteiger charge is -2.35. The third kappa shape index (κ3) is 3.98. The molecule has 2 aliphatic rings. The first-order valence-electron chi connectivity index (χ1n) is 9.49. The maximum Gasteiger partial charge on any atom is 0.267 e. The number of pyridine rings is 1. The molecule has 0 unspecified atom stereocenters. The van der Waals surface area contributed by atoms with Crippen molar-refractivity contribution in [1.82, 2.24) is 9.88 Å². The summed E-state index contributed by atoms with van der Waals surface area (Å²) in [5, 5.41) is 0.797. The Kier molecular flexibility index (Phi) is 5.39. The molecule has 4 rings (SSSR count). The molecule has 1 amide bonds. The molecule has 138 valence electrons. The van der Waals surface area contributed by atoms with Crippen LogP contribution in [0.15, 0.2) is 64.8 Å². The summed E-state index contributed by atoms with van der Waals surface area (Å²) in [4.78, 5) is 24.9. The summed E-state index contributed by atoms with van der Waals surface area (Å²) in [5.41, 5.74) is 1.87. The first-order chi connectivity index (χ1) is 13.2. The Labute approximate surface area is 164 Å². The molecule has 0 spiro atoms. The second kappa shape index (κ2) is 8.09. The van der Waals surface area contributed by atoms with E-state index >= 15 is 0 Å². The molecular formula is C22H23N3OS. The molecule has 0 N–H and O–H groups in total. The van der Waals surface area contributed by atoms with Crippen molar-refractivity contribution in [3.05, 3.63) is 65.3 Å². The summed E-state index contributed by atoms with van der Waals surface area (Å²) in [6, 6.07) is 13.9. The molecule has 27 heavy (non-hydrogen) atoms. The van der Waals surface area contributed by atoms with Crippen LogP contribution in [-0.2, 0) is 4.79 Å². The van der Waals surface area contributed by atoms with E-state index < -0.39 is 0 Å². The van der Waals surface area contributed by atoms with Gasteiger partial charge in [0.05, 0.1) is 10.6 Å². The molecule has 0 bridgehead atoms. The van der Waals surface area contributed by atoms with Gasteiger partial charge in [0.25, 0.3) is 5.91 Å². The van der Waals surface area contributed by atoms with E-state index in [2.05, 4.69) is 11.9 Å². The SMILES string of the molecule is C[C@H]1CCCC[C@@H]1N1C(=O)/C(=C/c2ccncc2)SC1=Nc1ccccc1. The monoisotopic (exact) mass is 377 g/mol. The predicted octanol–water partition coefficient (Wildman–Crippen LogP) is 5.26. The number of benzene rings is 1. The Hall–Kier alpha value is -2.40. The number of para-hydroxylation sites is 1. The highest BCUT2D eigenvalue weighted by atomic mass is 32.2. The first-order valence-corrected chi connectivity index (χ1v) is 10.3. The van der Waals surface area contributed by atoms with Crippen LogP contribution in [0.2, 0.25) is 0 Å². The van der Waals surface area contributed by atoms with Crippen molar-refractivity contribution >= 4 is 34.6 Å². The van der Waals surface area contributed by atoms with E-state index in [4.69, 9.17) is 4.99 Å².